The van der Waals surface area contributed by atoms with Crippen molar-refractivity contribution in [3.8, 4) is 0 Å². The molecule has 0 saturated carbocycles. The fraction of sp³-hybridized carbons (Fsp3) is 0.0667. The Balaban J connectivity index is 2.01. The predicted molar refractivity (Wildman–Crippen MR) is 74.5 cm³/mol. The quantitative estimate of drug-likeness (QED) is 0.564. The average Bonchev–Trinajstić information content (AvgIpc) is 2.90. The van der Waals surface area contributed by atoms with Crippen molar-refractivity contribution in [3.05, 3.63) is 66.1 Å². The van der Waals surface area contributed by atoms with Gasteiger partial charge in [0.15, 0.2) is 0 Å². The minimum Gasteiger partial charge on any atom is -0.343 e. The van der Waals surface area contributed by atoms with Gasteiger partial charge in [0.2, 0.25) is 0 Å². The van der Waals surface area contributed by atoms with Crippen LogP contribution in [0.5, 0.6) is 0 Å². The first-order valence-electron chi connectivity index (χ1n) is 6.21. The van der Waals surface area contributed by atoms with E-state index in [1.807, 2.05) is 47.2 Å². The summed E-state index contributed by atoms with van der Waals surface area (Å²) in [4.78, 5) is 15.4. The minimum absolute atomic E-state index is 0.188. The highest BCUT2D eigenvalue weighted by Crippen LogP contribution is 2.17. The number of nitrogens with one attached hydrogen (secondary N) is 1. The summed E-state index contributed by atoms with van der Waals surface area (Å²) in [5.74, 6) is -0.612. The minimum atomic E-state index is -0.612. The molecule has 5 nitrogen and oxygen atoms in total. The molecule has 0 aliphatic carbocycles. The van der Waals surface area contributed by atoms with Gasteiger partial charge in [-0.1, -0.05) is 30.3 Å². The van der Waals surface area contributed by atoms with Gasteiger partial charge in [-0.3, -0.25) is 15.0 Å². The van der Waals surface area contributed by atoms with E-state index in [1.54, 1.807) is 17.7 Å². The number of hydrogen-bond donors (Lipinski definition) is 2. The van der Waals surface area contributed by atoms with Gasteiger partial charge in [0, 0.05) is 24.3 Å². The van der Waals surface area contributed by atoms with E-state index in [0.29, 0.717) is 6.54 Å². The van der Waals surface area contributed by atoms with E-state index in [1.165, 1.54) is 5.56 Å². The maximum atomic E-state index is 11.4. The summed E-state index contributed by atoms with van der Waals surface area (Å²) >= 11 is 0. The molecular weight excluding hydrogens is 254 g/mol. The molecule has 0 fully saturated rings. The fourth-order valence-corrected chi connectivity index (χ4v) is 2.18. The van der Waals surface area contributed by atoms with E-state index in [0.717, 1.165) is 10.9 Å². The first kappa shape index (κ1) is 12.4. The van der Waals surface area contributed by atoms with Gasteiger partial charge < -0.3 is 4.57 Å². The number of fused-ring (bicyclic) bond motifs is 1. The fourth-order valence-electron chi connectivity index (χ4n) is 2.18. The van der Waals surface area contributed by atoms with Gasteiger partial charge in [-0.25, -0.2) is 5.48 Å². The van der Waals surface area contributed by atoms with Crippen LogP contribution in [0.1, 0.15) is 16.1 Å². The average molecular weight is 267 g/mol. The zero-order valence-corrected chi connectivity index (χ0v) is 10.7. The van der Waals surface area contributed by atoms with Gasteiger partial charge in [0.25, 0.3) is 5.91 Å². The second-order valence-electron chi connectivity index (χ2n) is 4.50. The normalized spacial score (nSPS) is 10.7. The van der Waals surface area contributed by atoms with Gasteiger partial charge in [-0.15, -0.1) is 0 Å². The lowest BCUT2D eigenvalue weighted by atomic mass is 10.2. The van der Waals surface area contributed by atoms with Crippen molar-refractivity contribution in [2.45, 2.75) is 6.54 Å². The molecule has 5 heteroatoms. The molecule has 0 unspecified atom stereocenters. The Morgan fingerprint density at radius 3 is 2.80 bits per heavy atom. The second-order valence-corrected chi connectivity index (χ2v) is 4.50. The third-order valence-electron chi connectivity index (χ3n) is 3.19. The first-order chi connectivity index (χ1) is 9.78. The van der Waals surface area contributed by atoms with E-state index in [2.05, 4.69) is 4.98 Å². The monoisotopic (exact) mass is 267 g/mol. The molecule has 0 atom stereocenters. The van der Waals surface area contributed by atoms with Crippen LogP contribution in [0.15, 0.2) is 54.9 Å². The lowest BCUT2D eigenvalue weighted by Gasteiger charge is -2.06. The molecule has 0 aliphatic heterocycles. The zero-order valence-electron chi connectivity index (χ0n) is 10.7. The van der Waals surface area contributed by atoms with Crippen LogP contribution >= 0.6 is 0 Å². The van der Waals surface area contributed by atoms with E-state index < -0.39 is 5.91 Å². The van der Waals surface area contributed by atoms with E-state index in [4.69, 9.17) is 5.21 Å². The Kier molecular flexibility index (Phi) is 3.18. The molecule has 100 valence electrons. The van der Waals surface area contributed by atoms with Gasteiger partial charge in [0.1, 0.15) is 5.69 Å². The van der Waals surface area contributed by atoms with E-state index >= 15 is 0 Å². The Bertz CT molecular complexity index is 750. The number of nitrogens with zero attached hydrogens (tertiary/aromatic N) is 2. The lowest BCUT2D eigenvalue weighted by molar-refractivity contribution is 0.0701. The van der Waals surface area contributed by atoms with Crippen LogP contribution in [0.3, 0.4) is 0 Å². The summed E-state index contributed by atoms with van der Waals surface area (Å²) in [7, 11) is 0. The molecule has 0 radical (unpaired) electrons. The summed E-state index contributed by atoms with van der Waals surface area (Å²) in [5, 5.41) is 9.62. The maximum absolute atomic E-state index is 11.4. The van der Waals surface area contributed by atoms with Gasteiger partial charge in [0.05, 0.1) is 5.52 Å². The molecule has 0 aliphatic rings. The Labute approximate surface area is 115 Å². The smallest absolute Gasteiger partial charge is 0.293 e. The van der Waals surface area contributed by atoms with Gasteiger partial charge in [-0.05, 0) is 17.7 Å². The molecule has 3 rings (SSSR count). The highest BCUT2D eigenvalue weighted by Gasteiger charge is 2.09. The Morgan fingerprint density at radius 1 is 1.25 bits per heavy atom. The van der Waals surface area contributed by atoms with E-state index in [9.17, 15) is 4.79 Å². The number of carbonyl (C=O) groups is 1. The second kappa shape index (κ2) is 5.14. The molecule has 1 aromatic carbocycles. The summed E-state index contributed by atoms with van der Waals surface area (Å²) in [6, 6.07) is 13.7. The molecule has 2 aromatic heterocycles. The molecule has 2 N–H and O–H groups in total. The third kappa shape index (κ3) is 2.26. The maximum Gasteiger partial charge on any atom is 0.293 e. The summed E-state index contributed by atoms with van der Waals surface area (Å²) in [5.41, 5.74) is 3.87. The van der Waals surface area contributed by atoms with Crippen LogP contribution in [0.2, 0.25) is 0 Å². The summed E-state index contributed by atoms with van der Waals surface area (Å²) < 4.78 is 2.04. The number of aromatic nitrogens is 2. The number of hydroxylamine groups is 1. The SMILES string of the molecule is O=C(NO)c1cc2c(ccn2Cc2ccccc2)cn1. The number of carbonyl (C=O) groups excluding carboxylic acids is 1. The van der Waals surface area contributed by atoms with Crippen molar-refractivity contribution in [2.75, 3.05) is 0 Å². The molecule has 0 bridgehead atoms. The molecule has 3 aromatic rings. The van der Waals surface area contributed by atoms with Crippen LogP contribution < -0.4 is 5.48 Å². The first-order valence-corrected chi connectivity index (χ1v) is 6.21. The Morgan fingerprint density at radius 2 is 2.05 bits per heavy atom. The van der Waals surface area contributed by atoms with Crippen molar-refractivity contribution in [1.82, 2.24) is 15.0 Å². The van der Waals surface area contributed by atoms with Crippen LogP contribution in [-0.4, -0.2) is 20.7 Å². The predicted octanol–water partition coefficient (Wildman–Crippen LogP) is 2.20. The van der Waals surface area contributed by atoms with Crippen molar-refractivity contribution < 1.29 is 10.0 Å². The van der Waals surface area contributed by atoms with Crippen molar-refractivity contribution in [3.63, 3.8) is 0 Å². The molecule has 0 spiro atoms. The lowest BCUT2D eigenvalue weighted by Crippen LogP contribution is -2.19. The van der Waals surface area contributed by atoms with Crippen LogP contribution in [0, 0.1) is 0 Å². The summed E-state index contributed by atoms with van der Waals surface area (Å²) in [6.07, 6.45) is 3.58. The number of pyridine rings is 1. The highest BCUT2D eigenvalue weighted by molar-refractivity contribution is 5.95. The largest absolute Gasteiger partial charge is 0.343 e. The topological polar surface area (TPSA) is 67.2 Å². The van der Waals surface area contributed by atoms with E-state index in [-0.39, 0.29) is 5.69 Å². The van der Waals surface area contributed by atoms with Crippen molar-refractivity contribution in [2.24, 2.45) is 0 Å². The molecule has 20 heavy (non-hydrogen) atoms. The standard InChI is InChI=1S/C15H13N3O2/c19-15(17-20)13-8-14-12(9-16-13)6-7-18(14)10-11-4-2-1-3-5-11/h1-9,20H,10H2,(H,17,19). The van der Waals surface area contributed by atoms with Crippen LogP contribution in [0.4, 0.5) is 0 Å². The number of benzene rings is 1. The zero-order chi connectivity index (χ0) is 13.9. The third-order valence-corrected chi connectivity index (χ3v) is 3.19. The van der Waals surface area contributed by atoms with Crippen LogP contribution in [-0.2, 0) is 6.54 Å². The number of amides is 1. The van der Waals surface area contributed by atoms with Crippen molar-refractivity contribution >= 4 is 16.8 Å². The molecule has 0 saturated heterocycles. The van der Waals surface area contributed by atoms with Gasteiger partial charge in [-0.2, -0.15) is 0 Å². The van der Waals surface area contributed by atoms with Crippen LogP contribution in [0.25, 0.3) is 10.9 Å². The number of hydrogen-bond acceptors (Lipinski definition) is 3. The molecule has 2 heterocycles. The highest BCUT2D eigenvalue weighted by atomic mass is 16.5. The van der Waals surface area contributed by atoms with Gasteiger partial charge >= 0.3 is 0 Å². The molecular formula is C15H13N3O2. The number of rotatable bonds is 3. The molecule has 1 amide bonds. The summed E-state index contributed by atoms with van der Waals surface area (Å²) in [6.45, 7) is 0.717. The van der Waals surface area contributed by atoms with Crippen molar-refractivity contribution in [1.29, 1.82) is 0 Å². The Hall–Kier alpha value is -2.66.